The molecule has 0 amide bonds. The summed E-state index contributed by atoms with van der Waals surface area (Å²) in [6.45, 7) is 0. The van der Waals surface area contributed by atoms with Gasteiger partial charge in [-0.15, -0.1) is 9.13 Å². The van der Waals surface area contributed by atoms with Crippen molar-refractivity contribution in [3.05, 3.63) is 118 Å². The van der Waals surface area contributed by atoms with E-state index >= 15 is 0 Å². The average molecular weight is 552 g/mol. The SMILES string of the molecule is O=C(Cc1ccc(-c2ccc(CC(=O)[n+]3cccc(Br)c3)cc2)cc1)[n+]1cccc(Br)c1. The Bertz CT molecular complexity index is 1170. The highest BCUT2D eigenvalue weighted by atomic mass is 79.9. The first-order valence-corrected chi connectivity index (χ1v) is 11.6. The van der Waals surface area contributed by atoms with Gasteiger partial charge in [0.1, 0.15) is 0 Å². The molecule has 6 heteroatoms. The number of hydrogen-bond donors (Lipinski definition) is 0. The molecule has 0 unspecified atom stereocenters. The van der Waals surface area contributed by atoms with E-state index in [4.69, 9.17) is 0 Å². The number of halogens is 2. The Labute approximate surface area is 203 Å². The topological polar surface area (TPSA) is 41.9 Å². The molecule has 2 heterocycles. The summed E-state index contributed by atoms with van der Waals surface area (Å²) in [5, 5.41) is 0. The third kappa shape index (κ3) is 5.64. The van der Waals surface area contributed by atoms with Crippen molar-refractivity contribution in [3.63, 3.8) is 0 Å². The van der Waals surface area contributed by atoms with Gasteiger partial charge in [0.15, 0.2) is 24.8 Å². The summed E-state index contributed by atoms with van der Waals surface area (Å²) >= 11 is 6.78. The molecular formula is C26H20Br2N2O2+2. The van der Waals surface area contributed by atoms with Crippen LogP contribution >= 0.6 is 31.9 Å². The average Bonchev–Trinajstić information content (AvgIpc) is 2.80. The Morgan fingerprint density at radius 1 is 0.594 bits per heavy atom. The van der Waals surface area contributed by atoms with Crippen molar-refractivity contribution in [3.8, 4) is 11.1 Å². The molecule has 0 atom stereocenters. The van der Waals surface area contributed by atoms with Gasteiger partial charge in [0, 0.05) is 12.1 Å². The number of carbonyl (C=O) groups is 2. The van der Waals surface area contributed by atoms with Crippen LogP contribution in [0.15, 0.2) is 107 Å². The summed E-state index contributed by atoms with van der Waals surface area (Å²) < 4.78 is 4.91. The maximum Gasteiger partial charge on any atom is 0.396 e. The quantitative estimate of drug-likeness (QED) is 0.319. The molecule has 2 aromatic heterocycles. The molecule has 0 radical (unpaired) electrons. The summed E-state index contributed by atoms with van der Waals surface area (Å²) in [6.07, 6.45) is 7.69. The minimum Gasteiger partial charge on any atom is -0.219 e. The second-order valence-corrected chi connectivity index (χ2v) is 9.23. The molecule has 0 fully saturated rings. The van der Waals surface area contributed by atoms with Crippen molar-refractivity contribution >= 4 is 43.7 Å². The molecule has 0 bridgehead atoms. The smallest absolute Gasteiger partial charge is 0.219 e. The number of hydrogen-bond acceptors (Lipinski definition) is 2. The fourth-order valence-corrected chi connectivity index (χ4v) is 4.11. The molecular weight excluding hydrogens is 532 g/mol. The van der Waals surface area contributed by atoms with E-state index in [-0.39, 0.29) is 11.8 Å². The van der Waals surface area contributed by atoms with Crippen LogP contribution in [0.25, 0.3) is 11.1 Å². The monoisotopic (exact) mass is 550 g/mol. The lowest BCUT2D eigenvalue weighted by molar-refractivity contribution is -0.575. The van der Waals surface area contributed by atoms with Crippen LogP contribution in [-0.4, -0.2) is 11.8 Å². The maximum absolute atomic E-state index is 12.5. The van der Waals surface area contributed by atoms with Crippen LogP contribution < -0.4 is 9.13 Å². The van der Waals surface area contributed by atoms with Gasteiger partial charge in [0.05, 0.1) is 21.8 Å². The van der Waals surface area contributed by atoms with E-state index in [1.165, 1.54) is 0 Å². The summed E-state index contributed by atoms with van der Waals surface area (Å²) in [6, 6.07) is 23.4. The van der Waals surface area contributed by atoms with Crippen LogP contribution in [0.5, 0.6) is 0 Å². The summed E-state index contributed by atoms with van der Waals surface area (Å²) in [5.74, 6) is 0.0211. The largest absolute Gasteiger partial charge is 0.396 e. The van der Waals surface area contributed by atoms with E-state index in [1.807, 2.05) is 72.8 Å². The van der Waals surface area contributed by atoms with Gasteiger partial charge in [-0.3, -0.25) is 0 Å². The first-order chi connectivity index (χ1) is 15.5. The highest BCUT2D eigenvalue weighted by Gasteiger charge is 2.16. The zero-order valence-electron chi connectivity index (χ0n) is 17.1. The van der Waals surface area contributed by atoms with Crippen molar-refractivity contribution in [1.29, 1.82) is 0 Å². The fourth-order valence-electron chi connectivity index (χ4n) is 3.37. The van der Waals surface area contributed by atoms with Gasteiger partial charge < -0.3 is 0 Å². The molecule has 2 aromatic carbocycles. The molecule has 0 N–H and O–H groups in total. The van der Waals surface area contributed by atoms with Crippen LogP contribution in [0.3, 0.4) is 0 Å². The van der Waals surface area contributed by atoms with Crippen molar-refractivity contribution in [2.24, 2.45) is 0 Å². The third-order valence-electron chi connectivity index (χ3n) is 5.06. The molecule has 0 spiro atoms. The number of pyridine rings is 2. The molecule has 4 rings (SSSR count). The Morgan fingerprint density at radius 3 is 1.31 bits per heavy atom. The van der Waals surface area contributed by atoms with Crippen LogP contribution in [0.4, 0.5) is 0 Å². The minimum absolute atomic E-state index is 0.0105. The summed E-state index contributed by atoms with van der Waals surface area (Å²) in [5.41, 5.74) is 4.05. The molecule has 0 saturated heterocycles. The lowest BCUT2D eigenvalue weighted by atomic mass is 10.0. The molecule has 32 heavy (non-hydrogen) atoms. The van der Waals surface area contributed by atoms with E-state index in [0.29, 0.717) is 12.8 Å². The summed E-state index contributed by atoms with van der Waals surface area (Å²) in [4.78, 5) is 25.0. The van der Waals surface area contributed by atoms with Gasteiger partial charge in [-0.1, -0.05) is 48.5 Å². The van der Waals surface area contributed by atoms with Crippen molar-refractivity contribution < 1.29 is 18.7 Å². The summed E-state index contributed by atoms with van der Waals surface area (Å²) in [7, 11) is 0. The van der Waals surface area contributed by atoms with E-state index in [9.17, 15) is 9.59 Å². The van der Waals surface area contributed by atoms with Crippen molar-refractivity contribution in [2.75, 3.05) is 0 Å². The lowest BCUT2D eigenvalue weighted by Gasteiger charge is -2.05. The van der Waals surface area contributed by atoms with Crippen molar-refractivity contribution in [1.82, 2.24) is 0 Å². The number of carbonyl (C=O) groups excluding carboxylic acids is 2. The Balaban J connectivity index is 1.41. The van der Waals surface area contributed by atoms with E-state index in [2.05, 4.69) is 31.9 Å². The highest BCUT2D eigenvalue weighted by Crippen LogP contribution is 2.21. The molecule has 4 aromatic rings. The van der Waals surface area contributed by atoms with Crippen LogP contribution in [0, 0.1) is 0 Å². The standard InChI is InChI=1S/C26H20Br2N2O2/c27-23-3-1-13-29(17-23)25(31)15-19-5-9-21(10-6-19)22-11-7-20(8-12-22)16-26(32)30-14-2-4-24(28)18-30/h1-14,17-18H,15-16H2/q+2. The van der Waals surface area contributed by atoms with Gasteiger partial charge in [-0.05, 0) is 66.2 Å². The molecule has 4 nitrogen and oxygen atoms in total. The Kier molecular flexibility index (Phi) is 7.02. The molecule has 0 aliphatic heterocycles. The number of nitrogens with zero attached hydrogens (tertiary/aromatic N) is 2. The zero-order chi connectivity index (χ0) is 22.5. The van der Waals surface area contributed by atoms with Crippen molar-refractivity contribution in [2.45, 2.75) is 12.8 Å². The minimum atomic E-state index is 0.0105. The molecule has 0 aliphatic rings. The van der Waals surface area contributed by atoms with E-state index in [1.54, 1.807) is 33.9 Å². The maximum atomic E-state index is 12.5. The second-order valence-electron chi connectivity index (χ2n) is 7.39. The van der Waals surface area contributed by atoms with E-state index in [0.717, 1.165) is 31.2 Å². The molecule has 0 saturated carbocycles. The highest BCUT2D eigenvalue weighted by molar-refractivity contribution is 9.10. The third-order valence-corrected chi connectivity index (χ3v) is 6.00. The fraction of sp³-hybridized carbons (Fsp3) is 0.0769. The predicted molar refractivity (Wildman–Crippen MR) is 129 cm³/mol. The number of aromatic nitrogens is 2. The van der Waals surface area contributed by atoms with Gasteiger partial charge in [-0.2, -0.15) is 0 Å². The molecule has 158 valence electrons. The number of rotatable bonds is 5. The normalized spacial score (nSPS) is 10.7. The number of benzene rings is 2. The van der Waals surface area contributed by atoms with E-state index < -0.39 is 0 Å². The predicted octanol–water partition coefficient (Wildman–Crippen LogP) is 5.22. The first kappa shape index (κ1) is 22.2. The zero-order valence-corrected chi connectivity index (χ0v) is 20.3. The second kappa shape index (κ2) is 10.1. The van der Waals surface area contributed by atoms with Crippen LogP contribution in [0.2, 0.25) is 0 Å². The van der Waals surface area contributed by atoms with Gasteiger partial charge in [0.25, 0.3) is 0 Å². The van der Waals surface area contributed by atoms with Gasteiger partial charge >= 0.3 is 11.8 Å². The van der Waals surface area contributed by atoms with Crippen LogP contribution in [0.1, 0.15) is 20.7 Å². The van der Waals surface area contributed by atoms with Crippen LogP contribution in [-0.2, 0) is 12.8 Å². The molecule has 0 aliphatic carbocycles. The van der Waals surface area contributed by atoms with Gasteiger partial charge in [-0.25, -0.2) is 9.59 Å². The Morgan fingerprint density at radius 2 is 0.969 bits per heavy atom. The lowest BCUT2D eigenvalue weighted by Crippen LogP contribution is -2.42. The Hall–Kier alpha value is -2.96. The first-order valence-electron chi connectivity index (χ1n) is 10.1. The van der Waals surface area contributed by atoms with Gasteiger partial charge in [0.2, 0.25) is 0 Å².